The number of benzene rings is 2. The lowest BCUT2D eigenvalue weighted by Crippen LogP contribution is -2.03. The molecule has 2 aromatic rings. The van der Waals surface area contributed by atoms with Crippen LogP contribution in [0.4, 0.5) is 0 Å². The summed E-state index contributed by atoms with van der Waals surface area (Å²) in [6.07, 6.45) is 3.17. The molecular weight excluding hydrogens is 347 g/mol. The van der Waals surface area contributed by atoms with Gasteiger partial charge in [0.05, 0.1) is 28.8 Å². The first kappa shape index (κ1) is 18.4. The Hall–Kier alpha value is -1.97. The van der Waals surface area contributed by atoms with Crippen LogP contribution in [-0.4, -0.2) is 19.0 Å². The van der Waals surface area contributed by atoms with Gasteiger partial charge in [-0.05, 0) is 55.8 Å². The molecule has 0 saturated heterocycles. The van der Waals surface area contributed by atoms with E-state index in [-0.39, 0.29) is 5.78 Å². The van der Waals surface area contributed by atoms with E-state index in [0.29, 0.717) is 40.3 Å². The van der Waals surface area contributed by atoms with Gasteiger partial charge in [-0.15, -0.1) is 0 Å². The van der Waals surface area contributed by atoms with Crippen LogP contribution in [0.1, 0.15) is 29.8 Å². The number of rotatable bonds is 7. The average molecular weight is 365 g/mol. The highest BCUT2D eigenvalue weighted by Gasteiger charge is 2.12. The minimum absolute atomic E-state index is 0.175. The van der Waals surface area contributed by atoms with Crippen molar-refractivity contribution in [2.75, 3.05) is 13.2 Å². The Morgan fingerprint density at radius 3 is 2.42 bits per heavy atom. The minimum atomic E-state index is -0.175. The van der Waals surface area contributed by atoms with Crippen LogP contribution < -0.4 is 9.47 Å². The summed E-state index contributed by atoms with van der Waals surface area (Å²) in [5.74, 6) is 0.989. The quantitative estimate of drug-likeness (QED) is 0.467. The molecule has 0 saturated carbocycles. The first-order chi connectivity index (χ1) is 11.5. The van der Waals surface area contributed by atoms with Gasteiger partial charge >= 0.3 is 0 Å². The van der Waals surface area contributed by atoms with Gasteiger partial charge in [0.1, 0.15) is 11.5 Å². The molecule has 0 aliphatic rings. The van der Waals surface area contributed by atoms with Crippen LogP contribution in [0.2, 0.25) is 10.0 Å². The summed E-state index contributed by atoms with van der Waals surface area (Å²) in [4.78, 5) is 12.5. The molecule has 3 nitrogen and oxygen atoms in total. The molecule has 0 unspecified atom stereocenters. The third kappa shape index (κ3) is 4.76. The Kier molecular flexibility index (Phi) is 6.71. The van der Waals surface area contributed by atoms with Crippen molar-refractivity contribution >= 4 is 35.1 Å². The summed E-state index contributed by atoms with van der Waals surface area (Å²) >= 11 is 11.9. The predicted molar refractivity (Wildman–Crippen MR) is 98.6 cm³/mol. The van der Waals surface area contributed by atoms with E-state index in [2.05, 4.69) is 0 Å². The smallest absolute Gasteiger partial charge is 0.189 e. The van der Waals surface area contributed by atoms with E-state index in [9.17, 15) is 4.79 Å². The van der Waals surface area contributed by atoms with E-state index in [0.717, 1.165) is 5.56 Å². The molecule has 0 aromatic heterocycles. The maximum atomic E-state index is 12.5. The van der Waals surface area contributed by atoms with Gasteiger partial charge in [-0.25, -0.2) is 0 Å². The largest absolute Gasteiger partial charge is 0.494 e. The van der Waals surface area contributed by atoms with E-state index < -0.39 is 0 Å². The van der Waals surface area contributed by atoms with Crippen LogP contribution in [-0.2, 0) is 0 Å². The first-order valence-electron chi connectivity index (χ1n) is 7.62. The van der Waals surface area contributed by atoms with Crippen LogP contribution in [0.5, 0.6) is 11.5 Å². The summed E-state index contributed by atoms with van der Waals surface area (Å²) in [5, 5.41) is 0.919. The fraction of sp³-hybridized carbons (Fsp3) is 0.211. The molecule has 0 amide bonds. The summed E-state index contributed by atoms with van der Waals surface area (Å²) in [7, 11) is 0. The maximum Gasteiger partial charge on any atom is 0.189 e. The Morgan fingerprint density at radius 1 is 1.00 bits per heavy atom. The molecule has 2 aromatic carbocycles. The number of allylic oxidation sites excluding steroid dienone is 1. The summed E-state index contributed by atoms with van der Waals surface area (Å²) in [5.41, 5.74) is 1.25. The predicted octanol–water partition coefficient (Wildman–Crippen LogP) is 5.69. The minimum Gasteiger partial charge on any atom is -0.494 e. The second kappa shape index (κ2) is 8.76. The van der Waals surface area contributed by atoms with Crippen LogP contribution in [0.3, 0.4) is 0 Å². The van der Waals surface area contributed by atoms with Gasteiger partial charge in [0.25, 0.3) is 0 Å². The van der Waals surface area contributed by atoms with E-state index in [1.54, 1.807) is 42.5 Å². The molecule has 24 heavy (non-hydrogen) atoms. The Bertz CT molecular complexity index is 754. The average Bonchev–Trinajstić information content (AvgIpc) is 2.57. The number of carbonyl (C=O) groups is 1. The van der Waals surface area contributed by atoms with Gasteiger partial charge in [-0.3, -0.25) is 4.79 Å². The van der Waals surface area contributed by atoms with Gasteiger partial charge in [0.2, 0.25) is 0 Å². The summed E-state index contributed by atoms with van der Waals surface area (Å²) in [6, 6.07) is 10.4. The highest BCUT2D eigenvalue weighted by Crippen LogP contribution is 2.26. The van der Waals surface area contributed by atoms with Crippen LogP contribution in [0.15, 0.2) is 42.5 Å². The fourth-order valence-corrected chi connectivity index (χ4v) is 2.42. The van der Waals surface area contributed by atoms with Gasteiger partial charge in [-0.1, -0.05) is 35.3 Å². The molecule has 0 spiro atoms. The van der Waals surface area contributed by atoms with Gasteiger partial charge < -0.3 is 9.47 Å². The Morgan fingerprint density at radius 2 is 1.75 bits per heavy atom. The lowest BCUT2D eigenvalue weighted by Gasteiger charge is -2.10. The number of hydrogen-bond donors (Lipinski definition) is 0. The molecular formula is C19H18Cl2O3. The number of ketones is 1. The molecule has 0 aliphatic carbocycles. The lowest BCUT2D eigenvalue weighted by atomic mass is 10.1. The number of ether oxygens (including phenoxy) is 2. The third-order valence-corrected chi connectivity index (χ3v) is 3.94. The summed E-state index contributed by atoms with van der Waals surface area (Å²) in [6.45, 7) is 4.77. The topological polar surface area (TPSA) is 35.5 Å². The van der Waals surface area contributed by atoms with Crippen molar-refractivity contribution in [1.82, 2.24) is 0 Å². The Labute approximate surface area is 151 Å². The van der Waals surface area contributed by atoms with Crippen LogP contribution in [0.25, 0.3) is 6.08 Å². The Balaban J connectivity index is 2.27. The van der Waals surface area contributed by atoms with Crippen molar-refractivity contribution in [3.8, 4) is 11.5 Å². The zero-order valence-corrected chi connectivity index (χ0v) is 15.0. The lowest BCUT2D eigenvalue weighted by molar-refractivity contribution is 0.104. The normalized spacial score (nSPS) is 10.8. The number of hydrogen-bond acceptors (Lipinski definition) is 3. The molecule has 0 N–H and O–H groups in total. The molecule has 0 heterocycles. The van der Waals surface area contributed by atoms with E-state index in [4.69, 9.17) is 32.7 Å². The maximum absolute atomic E-state index is 12.5. The van der Waals surface area contributed by atoms with Crippen molar-refractivity contribution in [2.24, 2.45) is 0 Å². The SMILES string of the molecule is CCOc1ccc(OCC)c(C(=O)/C=C/c2ccc(Cl)c(Cl)c2)c1. The van der Waals surface area contributed by atoms with Crippen molar-refractivity contribution in [3.63, 3.8) is 0 Å². The van der Waals surface area contributed by atoms with Crippen molar-refractivity contribution in [3.05, 3.63) is 63.6 Å². The highest BCUT2D eigenvalue weighted by molar-refractivity contribution is 6.42. The monoisotopic (exact) mass is 364 g/mol. The van der Waals surface area contributed by atoms with Crippen molar-refractivity contribution in [2.45, 2.75) is 13.8 Å². The van der Waals surface area contributed by atoms with Gasteiger partial charge in [0.15, 0.2) is 5.78 Å². The van der Waals surface area contributed by atoms with E-state index in [1.807, 2.05) is 13.8 Å². The van der Waals surface area contributed by atoms with Crippen molar-refractivity contribution < 1.29 is 14.3 Å². The number of carbonyl (C=O) groups excluding carboxylic acids is 1. The second-order valence-corrected chi connectivity index (χ2v) is 5.71. The van der Waals surface area contributed by atoms with Crippen LogP contribution >= 0.6 is 23.2 Å². The van der Waals surface area contributed by atoms with E-state index >= 15 is 0 Å². The molecule has 0 bridgehead atoms. The molecule has 0 radical (unpaired) electrons. The highest BCUT2D eigenvalue weighted by atomic mass is 35.5. The van der Waals surface area contributed by atoms with Crippen molar-refractivity contribution in [1.29, 1.82) is 0 Å². The standard InChI is InChI=1S/C19H18Cl2O3/c1-3-23-14-7-10-19(24-4-2)15(12-14)18(22)9-6-13-5-8-16(20)17(21)11-13/h5-12H,3-4H2,1-2H3/b9-6+. The summed E-state index contributed by atoms with van der Waals surface area (Å²) < 4.78 is 11.0. The second-order valence-electron chi connectivity index (χ2n) is 4.90. The van der Waals surface area contributed by atoms with E-state index in [1.165, 1.54) is 6.08 Å². The third-order valence-electron chi connectivity index (χ3n) is 3.20. The molecule has 0 fully saturated rings. The molecule has 0 atom stereocenters. The number of halogens is 2. The van der Waals surface area contributed by atoms with Gasteiger partial charge in [0, 0.05) is 0 Å². The van der Waals surface area contributed by atoms with Crippen LogP contribution in [0, 0.1) is 0 Å². The molecule has 2 rings (SSSR count). The van der Waals surface area contributed by atoms with Gasteiger partial charge in [-0.2, -0.15) is 0 Å². The zero-order chi connectivity index (χ0) is 17.5. The fourth-order valence-electron chi connectivity index (χ4n) is 2.12. The molecule has 126 valence electrons. The first-order valence-corrected chi connectivity index (χ1v) is 8.37. The molecule has 5 heteroatoms. The zero-order valence-electron chi connectivity index (χ0n) is 13.5. The molecule has 0 aliphatic heterocycles.